The number of rotatable bonds is 4. The predicted octanol–water partition coefficient (Wildman–Crippen LogP) is 1.92. The van der Waals surface area contributed by atoms with Crippen molar-refractivity contribution in [3.8, 4) is 0 Å². The molecule has 2 heterocycles. The summed E-state index contributed by atoms with van der Waals surface area (Å²) in [5.74, 6) is 0.283. The van der Waals surface area contributed by atoms with Crippen LogP contribution in [0.15, 0.2) is 30.3 Å². The maximum Gasteiger partial charge on any atom is 0.237 e. The van der Waals surface area contributed by atoms with Gasteiger partial charge in [0.1, 0.15) is 0 Å². The Morgan fingerprint density at radius 3 is 2.71 bits per heavy atom. The molecule has 4 nitrogen and oxygen atoms in total. The summed E-state index contributed by atoms with van der Waals surface area (Å²) >= 11 is 0. The molecular weight excluding hydrogens is 264 g/mol. The highest BCUT2D eigenvalue weighted by atomic mass is 16.2. The Morgan fingerprint density at radius 1 is 1.19 bits per heavy atom. The average Bonchev–Trinajstić information content (AvgIpc) is 2.82. The van der Waals surface area contributed by atoms with Crippen molar-refractivity contribution in [2.24, 2.45) is 5.92 Å². The fourth-order valence-electron chi connectivity index (χ4n) is 3.35. The summed E-state index contributed by atoms with van der Waals surface area (Å²) < 4.78 is 0. The van der Waals surface area contributed by atoms with Crippen molar-refractivity contribution in [2.45, 2.75) is 31.6 Å². The lowest BCUT2D eigenvalue weighted by molar-refractivity contribution is -0.138. The predicted molar refractivity (Wildman–Crippen MR) is 80.7 cm³/mol. The number of piperidine rings is 1. The van der Waals surface area contributed by atoms with E-state index in [1.165, 1.54) is 17.7 Å². The Kier molecular flexibility index (Phi) is 4.34. The van der Waals surface area contributed by atoms with Crippen molar-refractivity contribution < 1.29 is 9.59 Å². The number of carbonyl (C=O) groups is 2. The van der Waals surface area contributed by atoms with E-state index >= 15 is 0 Å². The third-order valence-electron chi connectivity index (χ3n) is 4.61. The van der Waals surface area contributed by atoms with E-state index in [1.54, 1.807) is 0 Å². The third kappa shape index (κ3) is 3.16. The second kappa shape index (κ2) is 6.39. The molecule has 0 aliphatic carbocycles. The van der Waals surface area contributed by atoms with Gasteiger partial charge < -0.3 is 5.32 Å². The van der Waals surface area contributed by atoms with Crippen LogP contribution in [0.1, 0.15) is 37.2 Å². The highest BCUT2D eigenvalue weighted by Crippen LogP contribution is 2.30. The number of imide groups is 1. The number of benzene rings is 1. The van der Waals surface area contributed by atoms with Crippen molar-refractivity contribution in [3.63, 3.8) is 0 Å². The van der Waals surface area contributed by atoms with Crippen LogP contribution in [0.4, 0.5) is 0 Å². The van der Waals surface area contributed by atoms with E-state index in [2.05, 4.69) is 5.32 Å². The van der Waals surface area contributed by atoms with E-state index in [0.717, 1.165) is 25.1 Å². The monoisotopic (exact) mass is 286 g/mol. The first-order chi connectivity index (χ1) is 10.3. The summed E-state index contributed by atoms with van der Waals surface area (Å²) in [6.07, 6.45) is 3.64. The number of hydrogen-bond acceptors (Lipinski definition) is 3. The van der Waals surface area contributed by atoms with Crippen LogP contribution in [0.5, 0.6) is 0 Å². The number of nitrogens with zero attached hydrogens (tertiary/aromatic N) is 1. The van der Waals surface area contributed by atoms with Gasteiger partial charge in [-0.1, -0.05) is 30.3 Å². The summed E-state index contributed by atoms with van der Waals surface area (Å²) in [5, 5.41) is 3.38. The van der Waals surface area contributed by atoms with Crippen LogP contribution in [0.2, 0.25) is 0 Å². The minimum atomic E-state index is -0.275. The molecule has 1 N–H and O–H groups in total. The molecule has 2 amide bonds. The zero-order chi connectivity index (χ0) is 14.7. The summed E-state index contributed by atoms with van der Waals surface area (Å²) in [6, 6.07) is 9.64. The van der Waals surface area contributed by atoms with Crippen LogP contribution in [-0.4, -0.2) is 36.3 Å². The maximum atomic E-state index is 12.5. The van der Waals surface area contributed by atoms with Crippen LogP contribution >= 0.6 is 0 Å². The van der Waals surface area contributed by atoms with Gasteiger partial charge in [-0.3, -0.25) is 14.5 Å². The minimum absolute atomic E-state index is 0.0161. The fourth-order valence-corrected chi connectivity index (χ4v) is 3.35. The van der Waals surface area contributed by atoms with Crippen molar-refractivity contribution in [3.05, 3.63) is 35.9 Å². The molecule has 2 aliphatic rings. The molecule has 4 heteroatoms. The van der Waals surface area contributed by atoms with Crippen LogP contribution in [0.3, 0.4) is 0 Å². The molecule has 2 saturated heterocycles. The van der Waals surface area contributed by atoms with Gasteiger partial charge in [0, 0.05) is 13.0 Å². The molecule has 0 radical (unpaired) electrons. The Labute approximate surface area is 125 Å². The van der Waals surface area contributed by atoms with Crippen LogP contribution in [0.25, 0.3) is 0 Å². The second-order valence-electron chi connectivity index (χ2n) is 6.05. The molecule has 1 aromatic rings. The van der Waals surface area contributed by atoms with Gasteiger partial charge in [-0.15, -0.1) is 0 Å². The number of amides is 2. The molecular formula is C17H22N2O2. The molecule has 0 bridgehead atoms. The van der Waals surface area contributed by atoms with Crippen LogP contribution < -0.4 is 5.32 Å². The molecule has 0 spiro atoms. The van der Waals surface area contributed by atoms with Gasteiger partial charge >= 0.3 is 0 Å². The molecule has 21 heavy (non-hydrogen) atoms. The van der Waals surface area contributed by atoms with Crippen molar-refractivity contribution in [1.29, 1.82) is 0 Å². The summed E-state index contributed by atoms with van der Waals surface area (Å²) in [7, 11) is 0. The van der Waals surface area contributed by atoms with Crippen molar-refractivity contribution in [1.82, 2.24) is 10.2 Å². The number of nitrogens with one attached hydrogen (secondary N) is 1. The summed E-state index contributed by atoms with van der Waals surface area (Å²) in [6.45, 7) is 2.68. The molecule has 2 aliphatic heterocycles. The number of hydrogen-bond donors (Lipinski definition) is 1. The quantitative estimate of drug-likeness (QED) is 0.860. The Hall–Kier alpha value is -1.68. The van der Waals surface area contributed by atoms with Crippen LogP contribution in [-0.2, 0) is 9.59 Å². The lowest BCUT2D eigenvalue weighted by Crippen LogP contribution is -2.35. The first-order valence-corrected chi connectivity index (χ1v) is 7.85. The minimum Gasteiger partial charge on any atom is -0.316 e. The molecule has 2 fully saturated rings. The third-order valence-corrected chi connectivity index (χ3v) is 4.61. The maximum absolute atomic E-state index is 12.5. The molecule has 3 rings (SSSR count). The topological polar surface area (TPSA) is 49.4 Å². The Bertz CT molecular complexity index is 509. The largest absolute Gasteiger partial charge is 0.316 e. The number of carbonyl (C=O) groups excluding carboxylic acids is 2. The van der Waals surface area contributed by atoms with Gasteiger partial charge in [0.15, 0.2) is 0 Å². The van der Waals surface area contributed by atoms with Gasteiger partial charge in [0.05, 0.1) is 5.92 Å². The standard InChI is InChI=1S/C17H22N2O2/c20-16-11-15(14-6-2-1-3-7-14)17(21)19(16)10-8-13-5-4-9-18-12-13/h1-3,6-7,13,15,18H,4-5,8-12H2. The fraction of sp³-hybridized carbons (Fsp3) is 0.529. The molecule has 0 aromatic heterocycles. The SMILES string of the molecule is O=C1CC(c2ccccc2)C(=O)N1CCC1CCCNC1. The van der Waals surface area contributed by atoms with E-state index in [9.17, 15) is 9.59 Å². The summed E-state index contributed by atoms with van der Waals surface area (Å²) in [4.78, 5) is 26.1. The van der Waals surface area contributed by atoms with Gasteiger partial charge in [-0.25, -0.2) is 0 Å². The first-order valence-electron chi connectivity index (χ1n) is 7.85. The van der Waals surface area contributed by atoms with E-state index in [1.807, 2.05) is 30.3 Å². The summed E-state index contributed by atoms with van der Waals surface area (Å²) in [5.41, 5.74) is 0.956. The van der Waals surface area contributed by atoms with Crippen molar-refractivity contribution in [2.75, 3.05) is 19.6 Å². The normalized spacial score (nSPS) is 26.4. The van der Waals surface area contributed by atoms with Gasteiger partial charge in [-0.2, -0.15) is 0 Å². The lowest BCUT2D eigenvalue weighted by atomic mass is 9.96. The molecule has 0 saturated carbocycles. The highest BCUT2D eigenvalue weighted by Gasteiger charge is 2.39. The van der Waals surface area contributed by atoms with Gasteiger partial charge in [0.25, 0.3) is 0 Å². The molecule has 2 atom stereocenters. The molecule has 2 unspecified atom stereocenters. The van der Waals surface area contributed by atoms with Gasteiger partial charge in [0.2, 0.25) is 11.8 Å². The molecule has 112 valence electrons. The lowest BCUT2D eigenvalue weighted by Gasteiger charge is -2.24. The van der Waals surface area contributed by atoms with Crippen LogP contribution in [0, 0.1) is 5.92 Å². The molecule has 1 aromatic carbocycles. The van der Waals surface area contributed by atoms with E-state index in [-0.39, 0.29) is 17.7 Å². The van der Waals surface area contributed by atoms with E-state index in [4.69, 9.17) is 0 Å². The Balaban J connectivity index is 1.61. The van der Waals surface area contributed by atoms with E-state index in [0.29, 0.717) is 18.9 Å². The van der Waals surface area contributed by atoms with Gasteiger partial charge in [-0.05, 0) is 43.8 Å². The van der Waals surface area contributed by atoms with Crippen molar-refractivity contribution >= 4 is 11.8 Å². The Morgan fingerprint density at radius 2 is 2.00 bits per heavy atom. The smallest absolute Gasteiger partial charge is 0.237 e. The average molecular weight is 286 g/mol. The first kappa shape index (κ1) is 14.3. The zero-order valence-corrected chi connectivity index (χ0v) is 12.3. The second-order valence-corrected chi connectivity index (χ2v) is 6.05. The zero-order valence-electron chi connectivity index (χ0n) is 12.3. The number of likely N-dealkylation sites (tertiary alicyclic amines) is 1. The highest BCUT2D eigenvalue weighted by molar-refractivity contribution is 6.06. The van der Waals surface area contributed by atoms with E-state index < -0.39 is 0 Å².